The molecule has 0 bridgehead atoms. The molecular formula is C13H18N2O2. The number of carbonyl (C=O) groups is 1. The second kappa shape index (κ2) is 4.75. The van der Waals surface area contributed by atoms with Gasteiger partial charge >= 0.3 is 5.97 Å². The smallest absolute Gasteiger partial charge is 0.322 e. The molecule has 0 aromatic heterocycles. The van der Waals surface area contributed by atoms with E-state index in [1.54, 1.807) is 0 Å². The van der Waals surface area contributed by atoms with Gasteiger partial charge in [-0.05, 0) is 31.4 Å². The van der Waals surface area contributed by atoms with Crippen molar-refractivity contribution in [2.75, 3.05) is 18.0 Å². The molecule has 0 saturated heterocycles. The van der Waals surface area contributed by atoms with Crippen molar-refractivity contribution in [1.29, 1.82) is 0 Å². The topological polar surface area (TPSA) is 66.6 Å². The first kappa shape index (κ1) is 11.9. The summed E-state index contributed by atoms with van der Waals surface area (Å²) in [5.41, 5.74) is 9.27. The molecule has 0 radical (unpaired) electrons. The predicted octanol–water partition coefficient (Wildman–Crippen LogP) is 1.16. The van der Waals surface area contributed by atoms with Crippen molar-refractivity contribution in [3.05, 3.63) is 29.3 Å². The van der Waals surface area contributed by atoms with E-state index in [4.69, 9.17) is 10.8 Å². The Morgan fingerprint density at radius 2 is 2.35 bits per heavy atom. The number of rotatable bonds is 3. The van der Waals surface area contributed by atoms with Gasteiger partial charge in [0.2, 0.25) is 0 Å². The van der Waals surface area contributed by atoms with Gasteiger partial charge < -0.3 is 15.7 Å². The first-order chi connectivity index (χ1) is 8.08. The number of fused-ring (bicyclic) bond motifs is 1. The Balaban J connectivity index is 2.20. The van der Waals surface area contributed by atoms with Crippen LogP contribution in [0.5, 0.6) is 0 Å². The molecule has 1 aromatic carbocycles. The summed E-state index contributed by atoms with van der Waals surface area (Å²) >= 11 is 0. The van der Waals surface area contributed by atoms with E-state index >= 15 is 0 Å². The molecule has 0 spiro atoms. The molecule has 17 heavy (non-hydrogen) atoms. The van der Waals surface area contributed by atoms with Crippen LogP contribution in [0.1, 0.15) is 17.5 Å². The van der Waals surface area contributed by atoms with Crippen molar-refractivity contribution < 1.29 is 9.90 Å². The van der Waals surface area contributed by atoms with Gasteiger partial charge in [-0.3, -0.25) is 4.79 Å². The predicted molar refractivity (Wildman–Crippen MR) is 67.3 cm³/mol. The number of carboxylic acid groups (broad SMARTS) is 1. The van der Waals surface area contributed by atoms with Crippen LogP contribution >= 0.6 is 0 Å². The average molecular weight is 234 g/mol. The normalized spacial score (nSPS) is 16.5. The van der Waals surface area contributed by atoms with E-state index in [1.165, 1.54) is 11.1 Å². The van der Waals surface area contributed by atoms with Gasteiger partial charge in [-0.25, -0.2) is 0 Å². The Hall–Kier alpha value is -1.55. The minimum atomic E-state index is -0.941. The molecule has 0 aliphatic carbocycles. The summed E-state index contributed by atoms with van der Waals surface area (Å²) in [6.07, 6.45) is 2.12. The Morgan fingerprint density at radius 3 is 3.06 bits per heavy atom. The first-order valence-corrected chi connectivity index (χ1v) is 5.91. The maximum absolute atomic E-state index is 10.8. The zero-order valence-electron chi connectivity index (χ0n) is 10.0. The lowest BCUT2D eigenvalue weighted by Gasteiger charge is -2.32. The van der Waals surface area contributed by atoms with Crippen molar-refractivity contribution in [3.63, 3.8) is 0 Å². The maximum Gasteiger partial charge on any atom is 0.322 e. The third-order valence-corrected chi connectivity index (χ3v) is 3.18. The summed E-state index contributed by atoms with van der Waals surface area (Å²) in [5, 5.41) is 8.85. The number of anilines is 1. The Kier molecular flexibility index (Phi) is 3.33. The van der Waals surface area contributed by atoms with Gasteiger partial charge in [-0.1, -0.05) is 17.7 Å². The van der Waals surface area contributed by atoms with Crippen LogP contribution in [0.2, 0.25) is 0 Å². The molecule has 92 valence electrons. The molecule has 4 nitrogen and oxygen atoms in total. The summed E-state index contributed by atoms with van der Waals surface area (Å²) in [7, 11) is 0. The number of nitrogens with two attached hydrogens (primary N) is 1. The lowest BCUT2D eigenvalue weighted by Crippen LogP contribution is -2.44. The van der Waals surface area contributed by atoms with Crippen molar-refractivity contribution in [2.45, 2.75) is 25.8 Å². The Bertz CT molecular complexity index is 431. The summed E-state index contributed by atoms with van der Waals surface area (Å²) < 4.78 is 0. The molecule has 2 rings (SSSR count). The van der Waals surface area contributed by atoms with Crippen LogP contribution in [0.3, 0.4) is 0 Å². The highest BCUT2D eigenvalue weighted by atomic mass is 16.4. The van der Waals surface area contributed by atoms with Crippen molar-refractivity contribution in [1.82, 2.24) is 0 Å². The van der Waals surface area contributed by atoms with E-state index in [1.807, 2.05) is 0 Å². The zero-order valence-corrected chi connectivity index (χ0v) is 10.0. The van der Waals surface area contributed by atoms with Crippen LogP contribution < -0.4 is 10.6 Å². The summed E-state index contributed by atoms with van der Waals surface area (Å²) in [4.78, 5) is 12.9. The minimum Gasteiger partial charge on any atom is -0.480 e. The van der Waals surface area contributed by atoms with E-state index in [-0.39, 0.29) is 0 Å². The molecule has 1 unspecified atom stereocenters. The van der Waals surface area contributed by atoms with Crippen molar-refractivity contribution in [3.8, 4) is 0 Å². The second-order valence-electron chi connectivity index (χ2n) is 4.63. The highest BCUT2D eigenvalue weighted by Crippen LogP contribution is 2.27. The number of hydrogen-bond acceptors (Lipinski definition) is 3. The van der Waals surface area contributed by atoms with Crippen molar-refractivity contribution >= 4 is 11.7 Å². The molecule has 0 fully saturated rings. The lowest BCUT2D eigenvalue weighted by molar-refractivity contribution is -0.138. The summed E-state index contributed by atoms with van der Waals surface area (Å²) in [6, 6.07) is 5.48. The number of carboxylic acids is 1. The summed E-state index contributed by atoms with van der Waals surface area (Å²) in [5.74, 6) is -0.941. The summed E-state index contributed by atoms with van der Waals surface area (Å²) in [6.45, 7) is 3.34. The number of aliphatic carboxylic acids is 1. The SMILES string of the molecule is Cc1ccc2c(c1)CCCN2CC(N)C(=O)O. The maximum atomic E-state index is 10.8. The Morgan fingerprint density at radius 1 is 1.59 bits per heavy atom. The molecule has 3 N–H and O–H groups in total. The molecule has 1 heterocycles. The average Bonchev–Trinajstić information content (AvgIpc) is 2.28. The quantitative estimate of drug-likeness (QED) is 0.823. The number of aryl methyl sites for hydroxylation is 2. The van der Waals surface area contributed by atoms with Crippen LogP contribution in [0.4, 0.5) is 5.69 Å². The second-order valence-corrected chi connectivity index (χ2v) is 4.63. The van der Waals surface area contributed by atoms with Gasteiger partial charge in [0, 0.05) is 18.8 Å². The van der Waals surface area contributed by atoms with Gasteiger partial charge in [0.1, 0.15) is 6.04 Å². The van der Waals surface area contributed by atoms with Crippen molar-refractivity contribution in [2.24, 2.45) is 5.73 Å². The van der Waals surface area contributed by atoms with Crippen LogP contribution in [0.15, 0.2) is 18.2 Å². The van der Waals surface area contributed by atoms with Gasteiger partial charge in [0.15, 0.2) is 0 Å². The molecular weight excluding hydrogens is 216 g/mol. The number of benzene rings is 1. The first-order valence-electron chi connectivity index (χ1n) is 5.91. The highest BCUT2D eigenvalue weighted by molar-refractivity contribution is 5.74. The van der Waals surface area contributed by atoms with Crippen LogP contribution in [-0.4, -0.2) is 30.2 Å². The third kappa shape index (κ3) is 2.58. The van der Waals surface area contributed by atoms with Crippen LogP contribution in [-0.2, 0) is 11.2 Å². The zero-order chi connectivity index (χ0) is 12.4. The standard InChI is InChI=1S/C13H18N2O2/c1-9-4-5-12-10(7-9)3-2-6-15(12)8-11(14)13(16)17/h4-5,7,11H,2-3,6,8,14H2,1H3,(H,16,17). The van der Waals surface area contributed by atoms with E-state index < -0.39 is 12.0 Å². The number of nitrogens with zero attached hydrogens (tertiary/aromatic N) is 1. The molecule has 1 atom stereocenters. The van der Waals surface area contributed by atoms with Gasteiger partial charge in [0.05, 0.1) is 0 Å². The number of hydrogen-bond donors (Lipinski definition) is 2. The van der Waals surface area contributed by atoms with Crippen LogP contribution in [0.25, 0.3) is 0 Å². The molecule has 0 amide bonds. The molecule has 1 aliphatic heterocycles. The molecule has 0 saturated carbocycles. The molecule has 1 aliphatic rings. The lowest BCUT2D eigenvalue weighted by atomic mass is 9.99. The van der Waals surface area contributed by atoms with E-state index in [0.717, 1.165) is 25.1 Å². The fourth-order valence-corrected chi connectivity index (χ4v) is 2.31. The monoisotopic (exact) mass is 234 g/mol. The van der Waals surface area contributed by atoms with Gasteiger partial charge in [-0.2, -0.15) is 0 Å². The van der Waals surface area contributed by atoms with E-state index in [0.29, 0.717) is 6.54 Å². The van der Waals surface area contributed by atoms with E-state index in [2.05, 4.69) is 30.0 Å². The molecule has 1 aromatic rings. The Labute approximate surface area is 101 Å². The van der Waals surface area contributed by atoms with E-state index in [9.17, 15) is 4.79 Å². The van der Waals surface area contributed by atoms with Gasteiger partial charge in [-0.15, -0.1) is 0 Å². The third-order valence-electron chi connectivity index (χ3n) is 3.18. The largest absolute Gasteiger partial charge is 0.480 e. The van der Waals surface area contributed by atoms with Crippen LogP contribution in [0, 0.1) is 6.92 Å². The fourth-order valence-electron chi connectivity index (χ4n) is 2.31. The van der Waals surface area contributed by atoms with Gasteiger partial charge in [0.25, 0.3) is 0 Å². The minimum absolute atomic E-state index is 0.380. The fraction of sp³-hybridized carbons (Fsp3) is 0.462. The molecule has 4 heteroatoms. The highest BCUT2D eigenvalue weighted by Gasteiger charge is 2.21.